The number of nitrogens with one attached hydrogen (secondary N) is 2. The smallest absolute Gasteiger partial charge is 0.259 e. The van der Waals surface area contributed by atoms with Crippen LogP contribution in [-0.2, 0) is 0 Å². The average molecular weight is 410 g/mol. The number of amides is 2. The highest BCUT2D eigenvalue weighted by Gasteiger charge is 2.15. The Balaban J connectivity index is 1.55. The molecule has 0 saturated heterocycles. The first kappa shape index (κ1) is 20.2. The number of carbonyl (C=O) groups is 2. The van der Waals surface area contributed by atoms with Gasteiger partial charge in [-0.1, -0.05) is 48.5 Å². The number of anilines is 2. The third-order valence-electron chi connectivity index (χ3n) is 5.08. The number of methoxy groups -OCH3 is 1. The predicted molar refractivity (Wildman–Crippen MR) is 124 cm³/mol. The number of rotatable bonds is 5. The van der Waals surface area contributed by atoms with E-state index in [0.29, 0.717) is 28.3 Å². The Labute approximate surface area is 180 Å². The van der Waals surface area contributed by atoms with Crippen LogP contribution in [0.3, 0.4) is 0 Å². The van der Waals surface area contributed by atoms with Crippen molar-refractivity contribution in [3.63, 3.8) is 0 Å². The molecule has 0 aliphatic carbocycles. The molecule has 0 aliphatic rings. The Bertz CT molecular complexity index is 1280. The lowest BCUT2D eigenvalue weighted by atomic mass is 10.1. The van der Waals surface area contributed by atoms with E-state index in [1.165, 1.54) is 0 Å². The summed E-state index contributed by atoms with van der Waals surface area (Å²) in [5, 5.41) is 7.73. The van der Waals surface area contributed by atoms with Crippen LogP contribution in [0.5, 0.6) is 5.75 Å². The molecule has 2 amide bonds. The van der Waals surface area contributed by atoms with Gasteiger partial charge in [-0.05, 0) is 59.7 Å². The van der Waals surface area contributed by atoms with Gasteiger partial charge in [-0.3, -0.25) is 9.59 Å². The van der Waals surface area contributed by atoms with Gasteiger partial charge in [0.15, 0.2) is 0 Å². The largest absolute Gasteiger partial charge is 0.496 e. The van der Waals surface area contributed by atoms with Crippen molar-refractivity contribution in [1.82, 2.24) is 0 Å². The van der Waals surface area contributed by atoms with Gasteiger partial charge in [0.25, 0.3) is 11.8 Å². The first-order chi connectivity index (χ1) is 15.0. The van der Waals surface area contributed by atoms with E-state index in [2.05, 4.69) is 10.6 Å². The van der Waals surface area contributed by atoms with Crippen molar-refractivity contribution in [3.8, 4) is 5.75 Å². The molecule has 0 saturated carbocycles. The highest BCUT2D eigenvalue weighted by Crippen LogP contribution is 2.27. The maximum atomic E-state index is 13.0. The van der Waals surface area contributed by atoms with E-state index in [1.54, 1.807) is 37.4 Å². The molecule has 0 bridgehead atoms. The molecule has 4 rings (SSSR count). The number of hydrogen-bond acceptors (Lipinski definition) is 3. The summed E-state index contributed by atoms with van der Waals surface area (Å²) in [6.45, 7) is 1.89. The average Bonchev–Trinajstić information content (AvgIpc) is 2.78. The van der Waals surface area contributed by atoms with Crippen LogP contribution in [0.1, 0.15) is 26.3 Å². The maximum absolute atomic E-state index is 13.0. The van der Waals surface area contributed by atoms with Gasteiger partial charge in [0.05, 0.1) is 12.7 Å². The minimum atomic E-state index is -0.287. The Hall–Kier alpha value is -4.12. The number of aryl methyl sites for hydroxylation is 1. The first-order valence-electron chi connectivity index (χ1n) is 9.90. The molecule has 154 valence electrons. The number of hydrogen-bond donors (Lipinski definition) is 2. The van der Waals surface area contributed by atoms with Gasteiger partial charge in [-0.2, -0.15) is 0 Å². The molecule has 4 aromatic rings. The van der Waals surface area contributed by atoms with E-state index in [4.69, 9.17) is 4.74 Å². The number of carbonyl (C=O) groups excluding carboxylic acids is 2. The molecular weight excluding hydrogens is 388 g/mol. The molecule has 0 fully saturated rings. The number of fused-ring (bicyclic) bond motifs is 1. The van der Waals surface area contributed by atoms with Crippen LogP contribution < -0.4 is 15.4 Å². The lowest BCUT2D eigenvalue weighted by molar-refractivity contribution is 0.101. The Morgan fingerprint density at radius 3 is 1.90 bits per heavy atom. The fourth-order valence-electron chi connectivity index (χ4n) is 3.46. The van der Waals surface area contributed by atoms with Crippen LogP contribution in [0.25, 0.3) is 10.8 Å². The zero-order valence-electron chi connectivity index (χ0n) is 17.3. The molecule has 0 aliphatic heterocycles. The predicted octanol–water partition coefficient (Wildman–Crippen LogP) is 5.66. The molecule has 0 spiro atoms. The molecule has 0 aromatic heterocycles. The van der Waals surface area contributed by atoms with E-state index in [1.807, 2.05) is 61.5 Å². The molecular formula is C26H22N2O3. The highest BCUT2D eigenvalue weighted by atomic mass is 16.5. The first-order valence-corrected chi connectivity index (χ1v) is 9.90. The topological polar surface area (TPSA) is 67.4 Å². The monoisotopic (exact) mass is 410 g/mol. The van der Waals surface area contributed by atoms with Crippen molar-refractivity contribution in [3.05, 3.63) is 102 Å². The maximum Gasteiger partial charge on any atom is 0.259 e. The standard InChI is InChI=1S/C26H22N2O3/c1-17-8-3-6-13-22(17)25(29)27-20-11-7-12-21(16-20)28-26(30)23-14-18-9-4-5-10-19(18)15-24(23)31-2/h3-16H,1-2H3,(H,27,29)(H,28,30). The molecule has 31 heavy (non-hydrogen) atoms. The molecule has 5 nitrogen and oxygen atoms in total. The summed E-state index contributed by atoms with van der Waals surface area (Å²) < 4.78 is 5.43. The summed E-state index contributed by atoms with van der Waals surface area (Å²) in [6, 6.07) is 25.9. The summed E-state index contributed by atoms with van der Waals surface area (Å²) in [6.07, 6.45) is 0. The number of ether oxygens (including phenoxy) is 1. The van der Waals surface area contributed by atoms with Crippen LogP contribution in [0.15, 0.2) is 84.9 Å². The normalized spacial score (nSPS) is 10.5. The van der Waals surface area contributed by atoms with E-state index in [9.17, 15) is 9.59 Å². The van der Waals surface area contributed by atoms with Gasteiger partial charge in [0.1, 0.15) is 5.75 Å². The minimum absolute atomic E-state index is 0.197. The molecule has 0 unspecified atom stereocenters. The minimum Gasteiger partial charge on any atom is -0.496 e. The van der Waals surface area contributed by atoms with Gasteiger partial charge in [0.2, 0.25) is 0 Å². The van der Waals surface area contributed by atoms with Crippen molar-refractivity contribution in [1.29, 1.82) is 0 Å². The second kappa shape index (κ2) is 8.71. The van der Waals surface area contributed by atoms with Crippen LogP contribution in [0.2, 0.25) is 0 Å². The lowest BCUT2D eigenvalue weighted by Crippen LogP contribution is -2.15. The second-order valence-corrected chi connectivity index (χ2v) is 7.20. The molecule has 2 N–H and O–H groups in total. The SMILES string of the molecule is COc1cc2ccccc2cc1C(=O)Nc1cccc(NC(=O)c2ccccc2C)c1. The van der Waals surface area contributed by atoms with E-state index < -0.39 is 0 Å². The van der Waals surface area contributed by atoms with Gasteiger partial charge in [-0.25, -0.2) is 0 Å². The lowest BCUT2D eigenvalue weighted by Gasteiger charge is -2.12. The van der Waals surface area contributed by atoms with Crippen molar-refractivity contribution >= 4 is 34.0 Å². The van der Waals surface area contributed by atoms with Crippen molar-refractivity contribution < 1.29 is 14.3 Å². The van der Waals surface area contributed by atoms with Crippen molar-refractivity contribution in [2.45, 2.75) is 6.92 Å². The van der Waals surface area contributed by atoms with Gasteiger partial charge in [0, 0.05) is 16.9 Å². The molecule has 0 radical (unpaired) electrons. The zero-order chi connectivity index (χ0) is 21.8. The van der Waals surface area contributed by atoms with Crippen LogP contribution >= 0.6 is 0 Å². The fraction of sp³-hybridized carbons (Fsp3) is 0.0769. The summed E-state index contributed by atoms with van der Waals surface area (Å²) in [5.74, 6) is 0.0166. The molecule has 0 heterocycles. The van der Waals surface area contributed by atoms with Crippen LogP contribution in [0.4, 0.5) is 11.4 Å². The highest BCUT2D eigenvalue weighted by molar-refractivity contribution is 6.09. The van der Waals surface area contributed by atoms with Gasteiger partial charge < -0.3 is 15.4 Å². The third-order valence-corrected chi connectivity index (χ3v) is 5.08. The van der Waals surface area contributed by atoms with E-state index >= 15 is 0 Å². The van der Waals surface area contributed by atoms with Gasteiger partial charge >= 0.3 is 0 Å². The van der Waals surface area contributed by atoms with Gasteiger partial charge in [-0.15, -0.1) is 0 Å². The quantitative estimate of drug-likeness (QED) is 0.446. The Morgan fingerprint density at radius 2 is 1.26 bits per heavy atom. The van der Waals surface area contributed by atoms with Crippen molar-refractivity contribution in [2.24, 2.45) is 0 Å². The molecule has 4 aromatic carbocycles. The van der Waals surface area contributed by atoms with Crippen molar-refractivity contribution in [2.75, 3.05) is 17.7 Å². The van der Waals surface area contributed by atoms with Crippen LogP contribution in [0, 0.1) is 6.92 Å². The summed E-state index contributed by atoms with van der Waals surface area (Å²) in [5.41, 5.74) is 3.11. The Morgan fingerprint density at radius 1 is 0.677 bits per heavy atom. The molecule has 0 atom stereocenters. The Kier molecular flexibility index (Phi) is 5.67. The van der Waals surface area contributed by atoms with E-state index in [0.717, 1.165) is 16.3 Å². The second-order valence-electron chi connectivity index (χ2n) is 7.20. The zero-order valence-corrected chi connectivity index (χ0v) is 17.3. The third kappa shape index (κ3) is 4.41. The summed E-state index contributed by atoms with van der Waals surface area (Å²) in [7, 11) is 1.54. The van der Waals surface area contributed by atoms with Crippen LogP contribution in [-0.4, -0.2) is 18.9 Å². The number of benzene rings is 4. The summed E-state index contributed by atoms with van der Waals surface area (Å²) >= 11 is 0. The fourth-order valence-corrected chi connectivity index (χ4v) is 3.46. The summed E-state index contributed by atoms with van der Waals surface area (Å²) in [4.78, 5) is 25.5. The van der Waals surface area contributed by atoms with E-state index in [-0.39, 0.29) is 11.8 Å². The molecule has 5 heteroatoms.